The van der Waals surface area contributed by atoms with Gasteiger partial charge in [0.1, 0.15) is 19.0 Å². The van der Waals surface area contributed by atoms with E-state index in [2.05, 4.69) is 37.3 Å². The van der Waals surface area contributed by atoms with Gasteiger partial charge >= 0.3 is 0 Å². The van der Waals surface area contributed by atoms with Gasteiger partial charge in [0.05, 0.1) is 18.1 Å². The SMILES string of the molecule is CCCN1C(=O)CO[C@H]2C3C=C4C=CC=C4C=C3OC[C@@H]21. The third-order valence-corrected chi connectivity index (χ3v) is 4.61. The van der Waals surface area contributed by atoms with Crippen LogP contribution in [0.4, 0.5) is 0 Å². The lowest BCUT2D eigenvalue weighted by molar-refractivity contribution is -0.171. The second-order valence-corrected chi connectivity index (χ2v) is 5.92. The highest BCUT2D eigenvalue weighted by atomic mass is 16.5. The van der Waals surface area contributed by atoms with Crippen molar-refractivity contribution in [3.05, 3.63) is 47.3 Å². The lowest BCUT2D eigenvalue weighted by Crippen LogP contribution is -2.61. The summed E-state index contributed by atoms with van der Waals surface area (Å²) < 4.78 is 11.8. The molecular formula is C17H19NO3. The zero-order valence-corrected chi connectivity index (χ0v) is 12.1. The normalized spacial score (nSPS) is 33.4. The topological polar surface area (TPSA) is 38.8 Å². The van der Waals surface area contributed by atoms with Crippen LogP contribution in [-0.2, 0) is 14.3 Å². The molecule has 0 bridgehead atoms. The Morgan fingerprint density at radius 1 is 1.38 bits per heavy atom. The number of morpholine rings is 1. The van der Waals surface area contributed by atoms with Crippen LogP contribution in [0.15, 0.2) is 47.3 Å². The lowest BCUT2D eigenvalue weighted by atomic mass is 9.83. The summed E-state index contributed by atoms with van der Waals surface area (Å²) in [5, 5.41) is 0. The minimum atomic E-state index is 0.0114. The van der Waals surface area contributed by atoms with Crippen LogP contribution in [0, 0.1) is 5.92 Å². The molecule has 2 aliphatic heterocycles. The number of carbonyl (C=O) groups is 1. The molecule has 110 valence electrons. The van der Waals surface area contributed by atoms with Crippen LogP contribution < -0.4 is 0 Å². The van der Waals surface area contributed by atoms with E-state index in [9.17, 15) is 4.79 Å². The van der Waals surface area contributed by atoms with Crippen LogP contribution in [0.25, 0.3) is 0 Å². The van der Waals surface area contributed by atoms with Crippen LogP contribution in [0.1, 0.15) is 13.3 Å². The van der Waals surface area contributed by atoms with E-state index in [4.69, 9.17) is 9.47 Å². The van der Waals surface area contributed by atoms with Gasteiger partial charge in [0, 0.05) is 6.54 Å². The van der Waals surface area contributed by atoms with Gasteiger partial charge in [-0.25, -0.2) is 0 Å². The Morgan fingerprint density at radius 2 is 2.29 bits per heavy atom. The molecule has 0 radical (unpaired) electrons. The molecule has 2 heterocycles. The number of hydrogen-bond donors (Lipinski definition) is 0. The minimum absolute atomic E-state index is 0.0114. The number of fused-ring (bicyclic) bond motifs is 4. The molecule has 4 rings (SSSR count). The van der Waals surface area contributed by atoms with E-state index in [1.807, 2.05) is 4.90 Å². The highest BCUT2D eigenvalue weighted by Crippen LogP contribution is 2.40. The standard InChI is InChI=1S/C17H19NO3/c1-2-6-18-14-9-20-15-8-12-5-3-4-11(12)7-13(15)17(14)21-10-16(18)19/h3-5,7-8,13-14,17H,2,6,9-10H2,1H3/t13?,14-,17-/m0/s1. The molecule has 3 atom stereocenters. The number of hydrogen-bond acceptors (Lipinski definition) is 3. The summed E-state index contributed by atoms with van der Waals surface area (Å²) >= 11 is 0. The smallest absolute Gasteiger partial charge is 0.249 e. The van der Waals surface area contributed by atoms with Crippen LogP contribution in [-0.4, -0.2) is 42.7 Å². The Balaban J connectivity index is 1.65. The maximum Gasteiger partial charge on any atom is 0.249 e. The van der Waals surface area contributed by atoms with E-state index in [1.165, 1.54) is 11.1 Å². The van der Waals surface area contributed by atoms with E-state index in [0.717, 1.165) is 18.7 Å². The fourth-order valence-electron chi connectivity index (χ4n) is 3.62. The Hall–Kier alpha value is -1.81. The summed E-state index contributed by atoms with van der Waals surface area (Å²) in [7, 11) is 0. The molecule has 2 aliphatic carbocycles. The van der Waals surface area contributed by atoms with Crippen molar-refractivity contribution in [2.24, 2.45) is 5.92 Å². The number of amides is 1. The number of carbonyl (C=O) groups excluding carboxylic acids is 1. The molecule has 0 saturated carbocycles. The molecule has 0 N–H and O–H groups in total. The van der Waals surface area contributed by atoms with Gasteiger partial charge in [0.25, 0.3) is 0 Å². The summed E-state index contributed by atoms with van der Waals surface area (Å²) in [4.78, 5) is 14.0. The quantitative estimate of drug-likeness (QED) is 0.778. The zero-order valence-electron chi connectivity index (χ0n) is 12.1. The summed E-state index contributed by atoms with van der Waals surface area (Å²) in [5.41, 5.74) is 2.44. The fraction of sp³-hybridized carbons (Fsp3) is 0.471. The molecule has 0 spiro atoms. The second-order valence-electron chi connectivity index (χ2n) is 5.92. The molecule has 0 aromatic rings. The maximum atomic E-state index is 12.1. The number of allylic oxidation sites excluding steroid dienone is 6. The molecule has 4 heteroatoms. The molecule has 0 aromatic carbocycles. The highest BCUT2D eigenvalue weighted by Gasteiger charge is 2.46. The third-order valence-electron chi connectivity index (χ3n) is 4.61. The van der Waals surface area contributed by atoms with E-state index in [1.54, 1.807) is 0 Å². The maximum absolute atomic E-state index is 12.1. The fourth-order valence-corrected chi connectivity index (χ4v) is 3.62. The van der Waals surface area contributed by atoms with Crippen LogP contribution in [0.3, 0.4) is 0 Å². The highest BCUT2D eigenvalue weighted by molar-refractivity contribution is 5.78. The summed E-state index contributed by atoms with van der Waals surface area (Å²) in [6.07, 6.45) is 11.6. The average Bonchev–Trinajstić information content (AvgIpc) is 2.95. The van der Waals surface area contributed by atoms with Gasteiger partial charge in [0.2, 0.25) is 5.91 Å². The van der Waals surface area contributed by atoms with Gasteiger partial charge in [0.15, 0.2) is 0 Å². The zero-order chi connectivity index (χ0) is 14.4. The van der Waals surface area contributed by atoms with Gasteiger partial charge in [-0.15, -0.1) is 0 Å². The average molecular weight is 285 g/mol. The van der Waals surface area contributed by atoms with Crippen molar-refractivity contribution in [2.45, 2.75) is 25.5 Å². The summed E-state index contributed by atoms with van der Waals surface area (Å²) in [6.45, 7) is 3.59. The van der Waals surface area contributed by atoms with Crippen molar-refractivity contribution in [1.82, 2.24) is 4.90 Å². The molecule has 1 unspecified atom stereocenters. The molecule has 0 aromatic heterocycles. The monoisotopic (exact) mass is 285 g/mol. The van der Waals surface area contributed by atoms with Gasteiger partial charge in [-0.05, 0) is 23.6 Å². The molecule has 4 nitrogen and oxygen atoms in total. The van der Waals surface area contributed by atoms with E-state index in [-0.39, 0.29) is 30.6 Å². The Labute approximate surface area is 124 Å². The first-order valence-electron chi connectivity index (χ1n) is 7.64. The predicted octanol–water partition coefficient (Wildman–Crippen LogP) is 1.96. The van der Waals surface area contributed by atoms with Crippen LogP contribution >= 0.6 is 0 Å². The molecule has 2 saturated heterocycles. The molecule has 21 heavy (non-hydrogen) atoms. The molecular weight excluding hydrogens is 266 g/mol. The second kappa shape index (κ2) is 4.88. The number of rotatable bonds is 2. The Morgan fingerprint density at radius 3 is 3.14 bits per heavy atom. The van der Waals surface area contributed by atoms with Crippen molar-refractivity contribution >= 4 is 5.91 Å². The largest absolute Gasteiger partial charge is 0.495 e. The number of nitrogens with zero attached hydrogens (tertiary/aromatic N) is 1. The first-order chi connectivity index (χ1) is 10.3. The lowest BCUT2D eigenvalue weighted by Gasteiger charge is -2.47. The first-order valence-corrected chi connectivity index (χ1v) is 7.64. The van der Waals surface area contributed by atoms with Crippen molar-refractivity contribution < 1.29 is 14.3 Å². The summed E-state index contributed by atoms with van der Waals surface area (Å²) in [5.74, 6) is 1.17. The first kappa shape index (κ1) is 12.9. The predicted molar refractivity (Wildman–Crippen MR) is 78.4 cm³/mol. The van der Waals surface area contributed by atoms with Crippen molar-refractivity contribution in [3.8, 4) is 0 Å². The Kier molecular flexibility index (Phi) is 3.00. The van der Waals surface area contributed by atoms with Crippen molar-refractivity contribution in [3.63, 3.8) is 0 Å². The van der Waals surface area contributed by atoms with Crippen molar-refractivity contribution in [2.75, 3.05) is 19.8 Å². The van der Waals surface area contributed by atoms with E-state index >= 15 is 0 Å². The van der Waals surface area contributed by atoms with Crippen LogP contribution in [0.2, 0.25) is 0 Å². The summed E-state index contributed by atoms with van der Waals surface area (Å²) in [6, 6.07) is 0.0288. The molecule has 1 amide bonds. The molecule has 2 fully saturated rings. The van der Waals surface area contributed by atoms with E-state index < -0.39 is 0 Å². The third kappa shape index (κ3) is 1.97. The van der Waals surface area contributed by atoms with E-state index in [0.29, 0.717) is 6.61 Å². The van der Waals surface area contributed by atoms with Gasteiger partial charge in [-0.3, -0.25) is 4.79 Å². The minimum Gasteiger partial charge on any atom is -0.495 e. The van der Waals surface area contributed by atoms with Gasteiger partial charge < -0.3 is 14.4 Å². The number of ether oxygens (including phenoxy) is 2. The van der Waals surface area contributed by atoms with Crippen molar-refractivity contribution in [1.29, 1.82) is 0 Å². The van der Waals surface area contributed by atoms with Gasteiger partial charge in [-0.1, -0.05) is 31.2 Å². The Bertz CT molecular complexity index is 599. The van der Waals surface area contributed by atoms with Crippen LogP contribution in [0.5, 0.6) is 0 Å². The van der Waals surface area contributed by atoms with Gasteiger partial charge in [-0.2, -0.15) is 0 Å². The molecule has 4 aliphatic rings.